The van der Waals surface area contributed by atoms with Crippen LogP contribution in [0.15, 0.2) is 0 Å². The first-order chi connectivity index (χ1) is 6.40. The molecule has 2 unspecified atom stereocenters. The number of rotatable bonds is 2. The van der Waals surface area contributed by atoms with Crippen LogP contribution in [-0.2, 0) is 0 Å². The maximum Gasteiger partial charge on any atom is 0.401 e. The minimum atomic E-state index is -4.09. The van der Waals surface area contributed by atoms with Crippen LogP contribution in [-0.4, -0.2) is 43.8 Å². The Hall–Kier alpha value is -0.290. The van der Waals surface area contributed by atoms with Crippen LogP contribution < -0.4 is 5.32 Å². The molecule has 1 N–H and O–H groups in total. The average Bonchev–Trinajstić information content (AvgIpc) is 2.01. The fraction of sp³-hybridized carbons (Fsp3) is 1.00. The van der Waals surface area contributed by atoms with E-state index in [0.717, 1.165) is 13.0 Å². The van der Waals surface area contributed by atoms with Crippen LogP contribution in [0.5, 0.6) is 0 Å². The Labute approximate surface area is 82.5 Å². The summed E-state index contributed by atoms with van der Waals surface area (Å²) < 4.78 is 36.4. The standard InChI is InChI=1S/C9H17F3N2/c1-7-3-4-13-5-8(7)14(2)6-9(10,11)12/h7-8,13H,3-6H2,1-2H3. The third-order valence-corrected chi connectivity index (χ3v) is 2.78. The lowest BCUT2D eigenvalue weighted by molar-refractivity contribution is -0.149. The quantitative estimate of drug-likeness (QED) is 0.742. The van der Waals surface area contributed by atoms with Crippen LogP contribution in [0.3, 0.4) is 0 Å². The molecule has 1 saturated heterocycles. The molecule has 0 spiro atoms. The second-order valence-electron chi connectivity index (χ2n) is 4.07. The zero-order chi connectivity index (χ0) is 10.8. The van der Waals surface area contributed by atoms with Crippen molar-refractivity contribution in [2.75, 3.05) is 26.7 Å². The van der Waals surface area contributed by atoms with Crippen LogP contribution in [0.1, 0.15) is 13.3 Å². The third-order valence-electron chi connectivity index (χ3n) is 2.78. The first-order valence-corrected chi connectivity index (χ1v) is 4.88. The lowest BCUT2D eigenvalue weighted by Gasteiger charge is -2.36. The van der Waals surface area contributed by atoms with Gasteiger partial charge in [-0.25, -0.2) is 0 Å². The van der Waals surface area contributed by atoms with Crippen LogP contribution in [0.4, 0.5) is 13.2 Å². The van der Waals surface area contributed by atoms with Gasteiger partial charge in [-0.15, -0.1) is 0 Å². The molecule has 0 amide bonds. The van der Waals surface area contributed by atoms with Gasteiger partial charge < -0.3 is 5.32 Å². The number of halogens is 3. The summed E-state index contributed by atoms with van der Waals surface area (Å²) in [5.41, 5.74) is 0. The highest BCUT2D eigenvalue weighted by Crippen LogP contribution is 2.21. The summed E-state index contributed by atoms with van der Waals surface area (Å²) in [7, 11) is 1.54. The van der Waals surface area contributed by atoms with E-state index in [1.807, 2.05) is 6.92 Å². The van der Waals surface area contributed by atoms with Gasteiger partial charge in [-0.2, -0.15) is 13.2 Å². The van der Waals surface area contributed by atoms with E-state index in [9.17, 15) is 13.2 Å². The molecule has 2 atom stereocenters. The van der Waals surface area contributed by atoms with Crippen molar-refractivity contribution in [3.05, 3.63) is 0 Å². The van der Waals surface area contributed by atoms with E-state index in [2.05, 4.69) is 5.32 Å². The van der Waals surface area contributed by atoms with Gasteiger partial charge in [0.1, 0.15) is 0 Å². The Bertz CT molecular complexity index is 181. The molecule has 14 heavy (non-hydrogen) atoms. The third kappa shape index (κ3) is 3.46. The van der Waals surface area contributed by atoms with Gasteiger partial charge in [0.25, 0.3) is 0 Å². The van der Waals surface area contributed by atoms with E-state index in [1.165, 1.54) is 4.90 Å². The molecule has 0 bridgehead atoms. The highest BCUT2D eigenvalue weighted by Gasteiger charge is 2.34. The van der Waals surface area contributed by atoms with E-state index in [4.69, 9.17) is 0 Å². The second-order valence-corrected chi connectivity index (χ2v) is 4.07. The Kier molecular flexibility index (Phi) is 3.78. The summed E-state index contributed by atoms with van der Waals surface area (Å²) in [6.07, 6.45) is -3.14. The van der Waals surface area contributed by atoms with Gasteiger partial charge >= 0.3 is 6.18 Å². The van der Waals surface area contributed by atoms with Gasteiger partial charge in [0.15, 0.2) is 0 Å². The lowest BCUT2D eigenvalue weighted by atomic mass is 9.94. The van der Waals surface area contributed by atoms with Crippen molar-refractivity contribution in [2.24, 2.45) is 5.92 Å². The fourth-order valence-corrected chi connectivity index (χ4v) is 1.96. The maximum absolute atomic E-state index is 12.1. The van der Waals surface area contributed by atoms with Gasteiger partial charge in [0.05, 0.1) is 6.54 Å². The zero-order valence-corrected chi connectivity index (χ0v) is 8.56. The Morgan fingerprint density at radius 1 is 1.43 bits per heavy atom. The summed E-state index contributed by atoms with van der Waals surface area (Å²) >= 11 is 0. The van der Waals surface area contributed by atoms with Crippen molar-refractivity contribution in [2.45, 2.75) is 25.6 Å². The highest BCUT2D eigenvalue weighted by atomic mass is 19.4. The Balaban J connectivity index is 2.46. The van der Waals surface area contributed by atoms with Gasteiger partial charge in [-0.05, 0) is 25.9 Å². The van der Waals surface area contributed by atoms with Crippen LogP contribution in [0.2, 0.25) is 0 Å². The number of hydrogen-bond donors (Lipinski definition) is 1. The lowest BCUT2D eigenvalue weighted by Crippen LogP contribution is -2.51. The van der Waals surface area contributed by atoms with Crippen molar-refractivity contribution in [3.8, 4) is 0 Å². The van der Waals surface area contributed by atoms with Crippen molar-refractivity contribution in [1.82, 2.24) is 10.2 Å². The number of likely N-dealkylation sites (N-methyl/N-ethyl adjacent to an activating group) is 1. The predicted octanol–water partition coefficient (Wildman–Crippen LogP) is 1.48. The SMILES string of the molecule is CC1CCNCC1N(C)CC(F)(F)F. The molecule has 0 aromatic rings. The topological polar surface area (TPSA) is 15.3 Å². The summed E-state index contributed by atoms with van der Waals surface area (Å²) in [5.74, 6) is 0.337. The van der Waals surface area contributed by atoms with E-state index >= 15 is 0 Å². The van der Waals surface area contributed by atoms with E-state index in [1.54, 1.807) is 7.05 Å². The molecule has 0 aliphatic carbocycles. The Morgan fingerprint density at radius 2 is 2.07 bits per heavy atom. The summed E-state index contributed by atoms with van der Waals surface area (Å²) in [6, 6.07) is 0.00498. The number of nitrogens with one attached hydrogen (secondary N) is 1. The molecule has 0 aromatic carbocycles. The maximum atomic E-state index is 12.1. The molecule has 1 heterocycles. The molecule has 1 rings (SSSR count). The van der Waals surface area contributed by atoms with Gasteiger partial charge in [-0.1, -0.05) is 6.92 Å². The minimum Gasteiger partial charge on any atom is -0.315 e. The van der Waals surface area contributed by atoms with Gasteiger partial charge in [-0.3, -0.25) is 4.90 Å². The van der Waals surface area contributed by atoms with Crippen molar-refractivity contribution in [3.63, 3.8) is 0 Å². The molecular weight excluding hydrogens is 193 g/mol. The Morgan fingerprint density at radius 3 is 2.57 bits per heavy atom. The summed E-state index contributed by atoms with van der Waals surface area (Å²) in [6.45, 7) is 2.77. The largest absolute Gasteiger partial charge is 0.401 e. The number of alkyl halides is 3. The van der Waals surface area contributed by atoms with Gasteiger partial charge in [0.2, 0.25) is 0 Å². The molecule has 1 fully saturated rings. The smallest absolute Gasteiger partial charge is 0.315 e. The molecule has 2 nitrogen and oxygen atoms in total. The van der Waals surface area contributed by atoms with Crippen molar-refractivity contribution < 1.29 is 13.2 Å². The highest BCUT2D eigenvalue weighted by molar-refractivity contribution is 4.82. The average molecular weight is 210 g/mol. The molecular formula is C9H17F3N2. The number of piperidine rings is 1. The molecule has 84 valence electrons. The summed E-state index contributed by atoms with van der Waals surface area (Å²) in [5, 5.41) is 3.12. The molecule has 1 aliphatic heterocycles. The molecule has 5 heteroatoms. The molecule has 0 radical (unpaired) electrons. The molecule has 0 aromatic heterocycles. The van der Waals surface area contributed by atoms with Crippen LogP contribution in [0, 0.1) is 5.92 Å². The predicted molar refractivity (Wildman–Crippen MR) is 49.1 cm³/mol. The first kappa shape index (κ1) is 11.8. The second kappa shape index (κ2) is 4.49. The van der Waals surface area contributed by atoms with E-state index < -0.39 is 12.7 Å². The van der Waals surface area contributed by atoms with E-state index in [0.29, 0.717) is 12.5 Å². The van der Waals surface area contributed by atoms with Crippen LogP contribution in [0.25, 0.3) is 0 Å². The van der Waals surface area contributed by atoms with Crippen LogP contribution >= 0.6 is 0 Å². The van der Waals surface area contributed by atoms with Gasteiger partial charge in [0, 0.05) is 12.6 Å². The minimum absolute atomic E-state index is 0.00498. The normalized spacial score (nSPS) is 29.6. The molecule has 0 saturated carbocycles. The zero-order valence-electron chi connectivity index (χ0n) is 8.56. The van der Waals surface area contributed by atoms with E-state index in [-0.39, 0.29) is 6.04 Å². The summed E-state index contributed by atoms with van der Waals surface area (Å²) in [4.78, 5) is 1.40. The monoisotopic (exact) mass is 210 g/mol. The first-order valence-electron chi connectivity index (χ1n) is 4.88. The number of nitrogens with zero attached hydrogens (tertiary/aromatic N) is 1. The van der Waals surface area contributed by atoms with Crippen molar-refractivity contribution >= 4 is 0 Å². The molecule has 1 aliphatic rings. The van der Waals surface area contributed by atoms with Crippen molar-refractivity contribution in [1.29, 1.82) is 0 Å². The number of hydrogen-bond acceptors (Lipinski definition) is 2. The fourth-order valence-electron chi connectivity index (χ4n) is 1.96.